The van der Waals surface area contributed by atoms with Crippen LogP contribution in [-0.4, -0.2) is 31.8 Å². The van der Waals surface area contributed by atoms with Crippen molar-refractivity contribution in [1.82, 2.24) is 15.2 Å². The number of carbonyl (C=O) groups is 1. The summed E-state index contributed by atoms with van der Waals surface area (Å²) in [6, 6.07) is 11.4. The highest BCUT2D eigenvalue weighted by atomic mass is 79.9. The normalized spacial score (nSPS) is 10.6. The molecule has 2 N–H and O–H groups in total. The molecule has 138 valence electrons. The monoisotopic (exact) mass is 467 g/mol. The standard InChI is InChI=1S/C16H11BrClN5O3S/c17-11-4-2-1-3-10(11)15-20-16(22-21-15)27-8-14(24)19-13-7-9(23(25)26)5-6-12(13)18/h1-7H,8H2,(H,19,24)(H,20,21,22). The fourth-order valence-corrected chi connectivity index (χ4v) is 3.36. The lowest BCUT2D eigenvalue weighted by Gasteiger charge is -2.06. The average Bonchev–Trinajstić information content (AvgIpc) is 3.11. The van der Waals surface area contributed by atoms with Crippen LogP contribution in [0.5, 0.6) is 0 Å². The molecule has 11 heteroatoms. The van der Waals surface area contributed by atoms with Crippen molar-refractivity contribution in [3.8, 4) is 11.4 Å². The van der Waals surface area contributed by atoms with Crippen molar-refractivity contribution in [1.29, 1.82) is 0 Å². The molecule has 0 fully saturated rings. The maximum Gasteiger partial charge on any atom is 0.271 e. The summed E-state index contributed by atoms with van der Waals surface area (Å²) in [4.78, 5) is 26.7. The van der Waals surface area contributed by atoms with Crippen LogP contribution in [0, 0.1) is 10.1 Å². The summed E-state index contributed by atoms with van der Waals surface area (Å²) in [6.45, 7) is 0. The third-order valence-corrected chi connectivity index (χ3v) is 5.23. The fourth-order valence-electron chi connectivity index (χ4n) is 2.12. The molecule has 2 aromatic carbocycles. The molecular formula is C16H11BrClN5O3S. The second-order valence-electron chi connectivity index (χ2n) is 5.20. The van der Waals surface area contributed by atoms with Crippen LogP contribution >= 0.6 is 39.3 Å². The van der Waals surface area contributed by atoms with Gasteiger partial charge in [0.2, 0.25) is 11.1 Å². The molecule has 0 radical (unpaired) electrons. The molecule has 0 saturated carbocycles. The van der Waals surface area contributed by atoms with Crippen molar-refractivity contribution >= 4 is 56.6 Å². The molecule has 0 spiro atoms. The van der Waals surface area contributed by atoms with Crippen LogP contribution in [0.25, 0.3) is 11.4 Å². The lowest BCUT2D eigenvalue weighted by Crippen LogP contribution is -2.14. The van der Waals surface area contributed by atoms with E-state index in [1.807, 2.05) is 24.3 Å². The molecular weight excluding hydrogens is 458 g/mol. The van der Waals surface area contributed by atoms with Gasteiger partial charge in [0, 0.05) is 22.2 Å². The Morgan fingerprint density at radius 3 is 2.85 bits per heavy atom. The molecule has 3 aromatic rings. The quantitative estimate of drug-likeness (QED) is 0.312. The van der Waals surface area contributed by atoms with E-state index in [-0.39, 0.29) is 28.1 Å². The number of hydrogen-bond donors (Lipinski definition) is 2. The maximum atomic E-state index is 12.1. The molecule has 3 rings (SSSR count). The van der Waals surface area contributed by atoms with Crippen molar-refractivity contribution in [3.63, 3.8) is 0 Å². The summed E-state index contributed by atoms with van der Waals surface area (Å²) >= 11 is 10.5. The first kappa shape index (κ1) is 19.3. The van der Waals surface area contributed by atoms with Gasteiger partial charge < -0.3 is 5.32 Å². The van der Waals surface area contributed by atoms with Gasteiger partial charge in [-0.2, -0.15) is 0 Å². The van der Waals surface area contributed by atoms with Crippen LogP contribution in [0.1, 0.15) is 0 Å². The first-order chi connectivity index (χ1) is 12.9. The number of anilines is 1. The van der Waals surface area contributed by atoms with Crippen molar-refractivity contribution in [2.75, 3.05) is 11.1 Å². The van der Waals surface area contributed by atoms with Crippen molar-refractivity contribution < 1.29 is 9.72 Å². The van der Waals surface area contributed by atoms with Crippen LogP contribution in [0.2, 0.25) is 5.02 Å². The van der Waals surface area contributed by atoms with E-state index in [2.05, 4.69) is 36.4 Å². The van der Waals surface area contributed by atoms with E-state index in [9.17, 15) is 14.9 Å². The number of nitrogens with zero attached hydrogens (tertiary/aromatic N) is 3. The highest BCUT2D eigenvalue weighted by Crippen LogP contribution is 2.28. The van der Waals surface area contributed by atoms with E-state index in [4.69, 9.17) is 11.6 Å². The lowest BCUT2D eigenvalue weighted by atomic mass is 10.2. The lowest BCUT2D eigenvalue weighted by molar-refractivity contribution is -0.384. The number of aromatic amines is 1. The molecule has 1 heterocycles. The number of benzene rings is 2. The third kappa shape index (κ3) is 4.85. The van der Waals surface area contributed by atoms with E-state index in [1.165, 1.54) is 18.2 Å². The number of H-pyrrole nitrogens is 1. The number of nitro benzene ring substituents is 1. The van der Waals surface area contributed by atoms with Gasteiger partial charge in [0.25, 0.3) is 5.69 Å². The number of carbonyl (C=O) groups excluding carboxylic acids is 1. The Bertz CT molecular complexity index is 1010. The first-order valence-corrected chi connectivity index (χ1v) is 9.63. The van der Waals surface area contributed by atoms with Crippen LogP contribution < -0.4 is 5.32 Å². The molecule has 0 atom stereocenters. The Labute approximate surface area is 171 Å². The molecule has 0 saturated heterocycles. The summed E-state index contributed by atoms with van der Waals surface area (Å²) in [5.41, 5.74) is 0.874. The Morgan fingerprint density at radius 1 is 1.33 bits per heavy atom. The number of non-ortho nitro benzene ring substituents is 1. The van der Waals surface area contributed by atoms with Gasteiger partial charge in [-0.3, -0.25) is 20.0 Å². The first-order valence-electron chi connectivity index (χ1n) is 7.48. The topological polar surface area (TPSA) is 114 Å². The SMILES string of the molecule is O=C(CSc1n[nH]c(-c2ccccc2Br)n1)Nc1cc([N+](=O)[O-])ccc1Cl. The smallest absolute Gasteiger partial charge is 0.271 e. The summed E-state index contributed by atoms with van der Waals surface area (Å²) in [7, 11) is 0. The Balaban J connectivity index is 1.63. The predicted octanol–water partition coefficient (Wildman–Crippen LogP) is 4.53. The van der Waals surface area contributed by atoms with E-state index in [0.717, 1.165) is 21.8 Å². The van der Waals surface area contributed by atoms with Gasteiger partial charge in [-0.1, -0.05) is 57.5 Å². The average molecular weight is 469 g/mol. The van der Waals surface area contributed by atoms with Gasteiger partial charge in [-0.15, -0.1) is 5.10 Å². The molecule has 8 nitrogen and oxygen atoms in total. The number of rotatable bonds is 6. The summed E-state index contributed by atoms with van der Waals surface area (Å²) in [5, 5.41) is 20.9. The molecule has 1 aromatic heterocycles. The minimum absolute atomic E-state index is 0.0201. The minimum atomic E-state index is -0.558. The molecule has 0 bridgehead atoms. The van der Waals surface area contributed by atoms with Gasteiger partial charge in [0.15, 0.2) is 5.82 Å². The zero-order chi connectivity index (χ0) is 19.4. The van der Waals surface area contributed by atoms with E-state index in [0.29, 0.717) is 11.0 Å². The molecule has 0 aliphatic rings. The highest BCUT2D eigenvalue weighted by molar-refractivity contribution is 9.10. The van der Waals surface area contributed by atoms with E-state index < -0.39 is 4.92 Å². The summed E-state index contributed by atoms with van der Waals surface area (Å²) < 4.78 is 0.871. The Morgan fingerprint density at radius 2 is 2.11 bits per heavy atom. The zero-order valence-electron chi connectivity index (χ0n) is 13.5. The Hall–Kier alpha value is -2.43. The Kier molecular flexibility index (Phi) is 6.09. The third-order valence-electron chi connectivity index (χ3n) is 3.36. The molecule has 1 amide bonds. The zero-order valence-corrected chi connectivity index (χ0v) is 16.6. The van der Waals surface area contributed by atoms with Crippen LogP contribution in [-0.2, 0) is 4.79 Å². The van der Waals surface area contributed by atoms with E-state index in [1.54, 1.807) is 0 Å². The van der Waals surface area contributed by atoms with Crippen LogP contribution in [0.4, 0.5) is 11.4 Å². The molecule has 0 aliphatic carbocycles. The van der Waals surface area contributed by atoms with E-state index >= 15 is 0 Å². The van der Waals surface area contributed by atoms with Crippen molar-refractivity contribution in [2.45, 2.75) is 5.16 Å². The summed E-state index contributed by atoms with van der Waals surface area (Å²) in [6.07, 6.45) is 0. The second kappa shape index (κ2) is 8.51. The predicted molar refractivity (Wildman–Crippen MR) is 107 cm³/mol. The fraction of sp³-hybridized carbons (Fsp3) is 0.0625. The van der Waals surface area contributed by atoms with Gasteiger partial charge in [0.1, 0.15) is 0 Å². The van der Waals surface area contributed by atoms with Crippen LogP contribution in [0.15, 0.2) is 52.1 Å². The number of nitrogens with one attached hydrogen (secondary N) is 2. The van der Waals surface area contributed by atoms with Crippen LogP contribution in [0.3, 0.4) is 0 Å². The van der Waals surface area contributed by atoms with Gasteiger partial charge in [-0.05, 0) is 12.1 Å². The second-order valence-corrected chi connectivity index (χ2v) is 7.41. The number of hydrogen-bond acceptors (Lipinski definition) is 6. The minimum Gasteiger partial charge on any atom is -0.324 e. The molecule has 0 unspecified atom stereocenters. The largest absolute Gasteiger partial charge is 0.324 e. The van der Waals surface area contributed by atoms with Crippen molar-refractivity contribution in [3.05, 3.63) is 62.1 Å². The van der Waals surface area contributed by atoms with Gasteiger partial charge in [-0.25, -0.2) is 4.98 Å². The molecule has 0 aliphatic heterocycles. The maximum absolute atomic E-state index is 12.1. The van der Waals surface area contributed by atoms with Gasteiger partial charge in [0.05, 0.1) is 21.4 Å². The number of aromatic nitrogens is 3. The number of thioether (sulfide) groups is 1. The van der Waals surface area contributed by atoms with Gasteiger partial charge >= 0.3 is 0 Å². The number of halogens is 2. The number of amides is 1. The number of nitro groups is 1. The highest BCUT2D eigenvalue weighted by Gasteiger charge is 2.14. The summed E-state index contributed by atoms with van der Waals surface area (Å²) in [5.74, 6) is 0.216. The van der Waals surface area contributed by atoms with Crippen molar-refractivity contribution in [2.24, 2.45) is 0 Å². The molecule has 27 heavy (non-hydrogen) atoms.